The summed E-state index contributed by atoms with van der Waals surface area (Å²) in [5.74, 6) is -0.153. The Labute approximate surface area is 85.7 Å². The highest BCUT2D eigenvalue weighted by molar-refractivity contribution is 7.10. The van der Waals surface area contributed by atoms with Gasteiger partial charge in [0.05, 0.1) is 0 Å². The van der Waals surface area contributed by atoms with E-state index >= 15 is 0 Å². The maximum Gasteiger partial charge on any atom is 0.327 e. The summed E-state index contributed by atoms with van der Waals surface area (Å²) in [6.07, 6.45) is 0. The monoisotopic (exact) mass is 210 g/mol. The summed E-state index contributed by atoms with van der Waals surface area (Å²) in [5.41, 5.74) is 0. The number of urea groups is 1. The van der Waals surface area contributed by atoms with Crippen molar-refractivity contribution in [1.82, 2.24) is 9.80 Å². The molecule has 1 aliphatic rings. The van der Waals surface area contributed by atoms with Crippen LogP contribution in [0.1, 0.15) is 10.9 Å². The van der Waals surface area contributed by atoms with Crippen LogP contribution in [-0.4, -0.2) is 35.8 Å². The molecule has 1 unspecified atom stereocenters. The second kappa shape index (κ2) is 3.09. The molecule has 1 aromatic heterocycles. The number of nitrogens with zero attached hydrogens (tertiary/aromatic N) is 2. The largest absolute Gasteiger partial charge is 0.327 e. The molecule has 1 saturated heterocycles. The minimum Gasteiger partial charge on any atom is -0.310 e. The van der Waals surface area contributed by atoms with Crippen molar-refractivity contribution in [3.63, 3.8) is 0 Å². The third-order valence-corrected chi connectivity index (χ3v) is 3.28. The Morgan fingerprint density at radius 1 is 1.36 bits per heavy atom. The number of carbonyl (C=O) groups excluding carboxylic acids is 2. The van der Waals surface area contributed by atoms with E-state index in [9.17, 15) is 9.59 Å². The van der Waals surface area contributed by atoms with E-state index in [2.05, 4.69) is 0 Å². The van der Waals surface area contributed by atoms with E-state index in [0.717, 1.165) is 9.78 Å². The van der Waals surface area contributed by atoms with Gasteiger partial charge in [0.2, 0.25) is 0 Å². The standard InChI is InChI=1S/C9H10N2O2S/c1-10-7(6-4-3-5-14-6)8(12)11(2)9(10)13/h3-5,7H,1-2H3. The first-order chi connectivity index (χ1) is 6.63. The van der Waals surface area contributed by atoms with Crippen LogP contribution in [0.3, 0.4) is 0 Å². The van der Waals surface area contributed by atoms with Gasteiger partial charge in [-0.05, 0) is 11.4 Å². The number of hydrogen-bond acceptors (Lipinski definition) is 3. The zero-order valence-electron chi connectivity index (χ0n) is 7.93. The predicted molar refractivity (Wildman–Crippen MR) is 53.0 cm³/mol. The summed E-state index contributed by atoms with van der Waals surface area (Å²) in [6, 6.07) is 3.08. The van der Waals surface area contributed by atoms with Gasteiger partial charge in [-0.25, -0.2) is 4.79 Å². The number of amides is 3. The number of rotatable bonds is 1. The lowest BCUT2D eigenvalue weighted by Gasteiger charge is -2.13. The molecule has 0 spiro atoms. The molecule has 74 valence electrons. The Morgan fingerprint density at radius 2 is 2.07 bits per heavy atom. The fourth-order valence-electron chi connectivity index (χ4n) is 1.55. The first-order valence-corrected chi connectivity index (χ1v) is 5.08. The molecule has 3 amide bonds. The zero-order valence-corrected chi connectivity index (χ0v) is 8.75. The molecule has 2 heterocycles. The Balaban J connectivity index is 2.38. The van der Waals surface area contributed by atoms with Crippen LogP contribution in [0.25, 0.3) is 0 Å². The van der Waals surface area contributed by atoms with Crippen molar-refractivity contribution < 1.29 is 9.59 Å². The Morgan fingerprint density at radius 3 is 2.50 bits per heavy atom. The minimum atomic E-state index is -0.424. The molecule has 1 atom stereocenters. The first-order valence-electron chi connectivity index (χ1n) is 4.20. The third-order valence-electron chi connectivity index (χ3n) is 2.35. The lowest BCUT2D eigenvalue weighted by Crippen LogP contribution is -2.27. The van der Waals surface area contributed by atoms with Gasteiger partial charge in [0.15, 0.2) is 0 Å². The molecule has 4 nitrogen and oxygen atoms in total. The highest BCUT2D eigenvalue weighted by Gasteiger charge is 2.42. The second-order valence-electron chi connectivity index (χ2n) is 3.21. The lowest BCUT2D eigenvalue weighted by atomic mass is 10.2. The Bertz CT molecular complexity index is 374. The summed E-state index contributed by atoms with van der Waals surface area (Å²) in [5, 5.41) is 1.90. The van der Waals surface area contributed by atoms with Crippen LogP contribution in [0, 0.1) is 0 Å². The predicted octanol–water partition coefficient (Wildman–Crippen LogP) is 1.31. The van der Waals surface area contributed by atoms with Crippen molar-refractivity contribution in [1.29, 1.82) is 0 Å². The number of thiophene rings is 1. The van der Waals surface area contributed by atoms with Gasteiger partial charge in [0, 0.05) is 19.0 Å². The van der Waals surface area contributed by atoms with E-state index in [1.165, 1.54) is 23.3 Å². The van der Waals surface area contributed by atoms with Crippen molar-refractivity contribution >= 4 is 23.3 Å². The summed E-state index contributed by atoms with van der Waals surface area (Å²) < 4.78 is 0. The normalized spacial score (nSPS) is 22.3. The molecule has 0 aromatic carbocycles. The molecule has 0 bridgehead atoms. The highest BCUT2D eigenvalue weighted by atomic mass is 32.1. The first kappa shape index (κ1) is 9.21. The summed E-state index contributed by atoms with van der Waals surface area (Å²) in [6.45, 7) is 0. The average molecular weight is 210 g/mol. The van der Waals surface area contributed by atoms with Crippen molar-refractivity contribution in [2.75, 3.05) is 14.1 Å². The maximum absolute atomic E-state index is 11.7. The van der Waals surface area contributed by atoms with Gasteiger partial charge in [-0.2, -0.15) is 0 Å². The van der Waals surface area contributed by atoms with Crippen molar-refractivity contribution in [3.8, 4) is 0 Å². The lowest BCUT2D eigenvalue weighted by molar-refractivity contribution is -0.127. The Kier molecular flexibility index (Phi) is 2.03. The quantitative estimate of drug-likeness (QED) is 0.656. The van der Waals surface area contributed by atoms with E-state index in [4.69, 9.17) is 0 Å². The smallest absolute Gasteiger partial charge is 0.310 e. The van der Waals surface area contributed by atoms with Crippen LogP contribution in [0.4, 0.5) is 4.79 Å². The molecule has 1 fully saturated rings. The number of hydrogen-bond donors (Lipinski definition) is 0. The van der Waals surface area contributed by atoms with E-state index in [1.54, 1.807) is 7.05 Å². The molecule has 1 aromatic rings. The number of carbonyl (C=O) groups is 2. The van der Waals surface area contributed by atoms with Crippen molar-refractivity contribution in [2.24, 2.45) is 0 Å². The topological polar surface area (TPSA) is 40.6 Å². The summed E-state index contributed by atoms with van der Waals surface area (Å²) >= 11 is 1.49. The van der Waals surface area contributed by atoms with Crippen LogP contribution in [0.2, 0.25) is 0 Å². The van der Waals surface area contributed by atoms with Gasteiger partial charge in [-0.3, -0.25) is 9.69 Å². The van der Waals surface area contributed by atoms with Crippen molar-refractivity contribution in [2.45, 2.75) is 6.04 Å². The summed E-state index contributed by atoms with van der Waals surface area (Å²) in [4.78, 5) is 26.7. The zero-order chi connectivity index (χ0) is 10.3. The maximum atomic E-state index is 11.7. The average Bonchev–Trinajstić information content (AvgIpc) is 2.73. The van der Waals surface area contributed by atoms with Crippen LogP contribution < -0.4 is 0 Å². The van der Waals surface area contributed by atoms with Gasteiger partial charge in [-0.15, -0.1) is 11.3 Å². The number of imide groups is 1. The van der Waals surface area contributed by atoms with Gasteiger partial charge in [0.25, 0.3) is 5.91 Å². The minimum absolute atomic E-state index is 0.153. The van der Waals surface area contributed by atoms with Gasteiger partial charge in [-0.1, -0.05) is 6.07 Å². The molecule has 0 N–H and O–H groups in total. The van der Waals surface area contributed by atoms with Gasteiger partial charge < -0.3 is 4.90 Å². The van der Waals surface area contributed by atoms with E-state index in [0.29, 0.717) is 0 Å². The molecule has 1 aliphatic heterocycles. The van der Waals surface area contributed by atoms with Crippen LogP contribution in [-0.2, 0) is 4.79 Å². The molecular weight excluding hydrogens is 200 g/mol. The Hall–Kier alpha value is -1.36. The fraction of sp³-hybridized carbons (Fsp3) is 0.333. The number of likely N-dealkylation sites (N-methyl/N-ethyl adjacent to an activating group) is 2. The molecule has 5 heteroatoms. The van der Waals surface area contributed by atoms with Crippen molar-refractivity contribution in [3.05, 3.63) is 22.4 Å². The molecule has 0 radical (unpaired) electrons. The van der Waals surface area contributed by atoms with Crippen LogP contribution in [0.15, 0.2) is 17.5 Å². The van der Waals surface area contributed by atoms with E-state index in [1.807, 2.05) is 17.5 Å². The van der Waals surface area contributed by atoms with E-state index < -0.39 is 6.04 Å². The molecule has 0 saturated carbocycles. The van der Waals surface area contributed by atoms with Crippen LogP contribution in [0.5, 0.6) is 0 Å². The molecule has 0 aliphatic carbocycles. The SMILES string of the molecule is CN1C(=O)C(c2cccs2)N(C)C1=O. The molecule has 2 rings (SSSR count). The van der Waals surface area contributed by atoms with Gasteiger partial charge in [0.1, 0.15) is 6.04 Å². The van der Waals surface area contributed by atoms with Gasteiger partial charge >= 0.3 is 6.03 Å². The highest BCUT2D eigenvalue weighted by Crippen LogP contribution is 2.31. The van der Waals surface area contributed by atoms with E-state index in [-0.39, 0.29) is 11.9 Å². The fourth-order valence-corrected chi connectivity index (χ4v) is 2.41. The molecular formula is C9H10N2O2S. The second-order valence-corrected chi connectivity index (χ2v) is 4.19. The third kappa shape index (κ3) is 1.13. The molecule has 14 heavy (non-hydrogen) atoms. The summed E-state index contributed by atoms with van der Waals surface area (Å²) in [7, 11) is 3.16. The van der Waals surface area contributed by atoms with Crippen LogP contribution >= 0.6 is 11.3 Å².